The third-order valence-corrected chi connectivity index (χ3v) is 7.04. The van der Waals surface area contributed by atoms with Crippen LogP contribution in [0.5, 0.6) is 0 Å². The number of carbonyl (C=O) groups excluding carboxylic acids is 1. The van der Waals surface area contributed by atoms with Crippen LogP contribution in [0.15, 0.2) is 58.6 Å². The highest BCUT2D eigenvalue weighted by Gasteiger charge is 2.24. The molecule has 0 aliphatic heterocycles. The van der Waals surface area contributed by atoms with Crippen molar-refractivity contribution in [3.63, 3.8) is 0 Å². The van der Waals surface area contributed by atoms with Crippen molar-refractivity contribution in [1.29, 1.82) is 0 Å². The standard InChI is InChI=1S/C21H18BrN3OS2/c1-13(2)15-6-3-7-16-19(15)24-21(28-16)25(12-14-5-4-10-23-11-14)20(26)17-8-9-18(22)27-17/h3-11,13H,12H2,1-2H3. The predicted molar refractivity (Wildman–Crippen MR) is 120 cm³/mol. The number of thiophene rings is 1. The smallest absolute Gasteiger partial charge is 0.270 e. The summed E-state index contributed by atoms with van der Waals surface area (Å²) in [7, 11) is 0. The highest BCUT2D eigenvalue weighted by Crippen LogP contribution is 2.35. The van der Waals surface area contributed by atoms with Crippen LogP contribution in [0.25, 0.3) is 10.2 Å². The summed E-state index contributed by atoms with van der Waals surface area (Å²) in [4.78, 5) is 24.8. The van der Waals surface area contributed by atoms with E-state index in [1.54, 1.807) is 28.6 Å². The van der Waals surface area contributed by atoms with Crippen LogP contribution in [0.1, 0.15) is 40.6 Å². The summed E-state index contributed by atoms with van der Waals surface area (Å²) in [5.41, 5.74) is 3.15. The molecule has 0 saturated carbocycles. The summed E-state index contributed by atoms with van der Waals surface area (Å²) < 4.78 is 2.03. The number of anilines is 1. The lowest BCUT2D eigenvalue weighted by atomic mass is 10.0. The highest BCUT2D eigenvalue weighted by molar-refractivity contribution is 9.11. The molecule has 4 aromatic rings. The van der Waals surface area contributed by atoms with Gasteiger partial charge in [0, 0.05) is 12.4 Å². The van der Waals surface area contributed by atoms with E-state index in [1.165, 1.54) is 16.9 Å². The molecule has 0 fully saturated rings. The number of fused-ring (bicyclic) bond motifs is 1. The molecular formula is C21H18BrN3OS2. The van der Waals surface area contributed by atoms with Gasteiger partial charge in [0.15, 0.2) is 5.13 Å². The first-order chi connectivity index (χ1) is 13.5. The molecule has 0 spiro atoms. The minimum absolute atomic E-state index is 0.0512. The number of aromatic nitrogens is 2. The minimum Gasteiger partial charge on any atom is -0.279 e. The molecule has 3 heterocycles. The monoisotopic (exact) mass is 471 g/mol. The summed E-state index contributed by atoms with van der Waals surface area (Å²) in [5, 5.41) is 0.710. The van der Waals surface area contributed by atoms with E-state index in [1.807, 2.05) is 24.3 Å². The molecule has 0 aliphatic rings. The van der Waals surface area contributed by atoms with E-state index in [0.29, 0.717) is 22.5 Å². The molecule has 0 radical (unpaired) electrons. The summed E-state index contributed by atoms with van der Waals surface area (Å²) in [6.07, 6.45) is 3.52. The number of para-hydroxylation sites is 1. The largest absolute Gasteiger partial charge is 0.279 e. The van der Waals surface area contributed by atoms with Gasteiger partial charge in [-0.25, -0.2) is 4.98 Å². The lowest BCUT2D eigenvalue weighted by molar-refractivity contribution is 0.0989. The van der Waals surface area contributed by atoms with Gasteiger partial charge in [0.25, 0.3) is 5.91 Å². The van der Waals surface area contributed by atoms with Gasteiger partial charge in [-0.3, -0.25) is 14.7 Å². The summed E-state index contributed by atoms with van der Waals surface area (Å²) in [5.74, 6) is 0.319. The molecule has 0 saturated heterocycles. The number of pyridine rings is 1. The fourth-order valence-electron chi connectivity index (χ4n) is 3.00. The van der Waals surface area contributed by atoms with Crippen LogP contribution in [-0.2, 0) is 6.54 Å². The van der Waals surface area contributed by atoms with E-state index in [0.717, 1.165) is 19.6 Å². The molecule has 1 amide bonds. The Kier molecular flexibility index (Phi) is 5.57. The topological polar surface area (TPSA) is 46.1 Å². The molecule has 0 atom stereocenters. The molecule has 0 aliphatic carbocycles. The van der Waals surface area contributed by atoms with Crippen molar-refractivity contribution in [2.45, 2.75) is 26.3 Å². The maximum atomic E-state index is 13.3. The number of hydrogen-bond acceptors (Lipinski definition) is 5. The van der Waals surface area contributed by atoms with E-state index in [-0.39, 0.29) is 5.91 Å². The third kappa shape index (κ3) is 3.87. The van der Waals surface area contributed by atoms with Crippen LogP contribution in [0.3, 0.4) is 0 Å². The Labute approximate surface area is 180 Å². The van der Waals surface area contributed by atoms with Crippen molar-refractivity contribution >= 4 is 59.9 Å². The fraction of sp³-hybridized carbons (Fsp3) is 0.190. The molecule has 3 aromatic heterocycles. The number of nitrogens with zero attached hydrogens (tertiary/aromatic N) is 3. The van der Waals surface area contributed by atoms with E-state index in [2.05, 4.69) is 53.0 Å². The van der Waals surface area contributed by atoms with Gasteiger partial charge in [-0.2, -0.15) is 0 Å². The zero-order valence-electron chi connectivity index (χ0n) is 15.4. The van der Waals surface area contributed by atoms with Crippen molar-refractivity contribution in [2.24, 2.45) is 0 Å². The molecule has 0 unspecified atom stereocenters. The molecule has 0 N–H and O–H groups in total. The normalized spacial score (nSPS) is 11.3. The van der Waals surface area contributed by atoms with Gasteiger partial charge in [0.2, 0.25) is 0 Å². The fourth-order valence-corrected chi connectivity index (χ4v) is 5.34. The molecular weight excluding hydrogens is 454 g/mol. The van der Waals surface area contributed by atoms with Gasteiger partial charge in [-0.15, -0.1) is 11.3 Å². The number of benzene rings is 1. The van der Waals surface area contributed by atoms with Gasteiger partial charge in [0.1, 0.15) is 0 Å². The van der Waals surface area contributed by atoms with Crippen molar-refractivity contribution in [1.82, 2.24) is 9.97 Å². The number of rotatable bonds is 5. The number of halogens is 1. The van der Waals surface area contributed by atoms with Crippen LogP contribution < -0.4 is 4.90 Å². The highest BCUT2D eigenvalue weighted by atomic mass is 79.9. The molecule has 7 heteroatoms. The SMILES string of the molecule is CC(C)c1cccc2sc(N(Cc3cccnc3)C(=O)c3ccc(Br)s3)nc12. The van der Waals surface area contributed by atoms with E-state index < -0.39 is 0 Å². The predicted octanol–water partition coefficient (Wildman–Crippen LogP) is 6.49. The van der Waals surface area contributed by atoms with Crippen LogP contribution in [0.2, 0.25) is 0 Å². The van der Waals surface area contributed by atoms with Crippen LogP contribution in [-0.4, -0.2) is 15.9 Å². The number of amides is 1. The van der Waals surface area contributed by atoms with Crippen LogP contribution in [0.4, 0.5) is 5.13 Å². The molecule has 4 nitrogen and oxygen atoms in total. The molecule has 142 valence electrons. The molecule has 4 rings (SSSR count). The molecule has 1 aromatic carbocycles. The number of carbonyl (C=O) groups is 1. The lowest BCUT2D eigenvalue weighted by Gasteiger charge is -2.19. The van der Waals surface area contributed by atoms with E-state index in [4.69, 9.17) is 4.98 Å². The Morgan fingerprint density at radius 2 is 2.00 bits per heavy atom. The van der Waals surface area contributed by atoms with Crippen molar-refractivity contribution in [2.75, 3.05) is 4.90 Å². The van der Waals surface area contributed by atoms with Gasteiger partial charge in [-0.1, -0.05) is 43.4 Å². The van der Waals surface area contributed by atoms with Gasteiger partial charge >= 0.3 is 0 Å². The average Bonchev–Trinajstić information content (AvgIpc) is 3.32. The zero-order valence-corrected chi connectivity index (χ0v) is 18.6. The maximum absolute atomic E-state index is 13.3. The molecule has 0 bridgehead atoms. The minimum atomic E-state index is -0.0512. The number of hydrogen-bond donors (Lipinski definition) is 0. The Hall–Kier alpha value is -2.09. The lowest BCUT2D eigenvalue weighted by Crippen LogP contribution is -2.29. The zero-order chi connectivity index (χ0) is 19.7. The summed E-state index contributed by atoms with van der Waals surface area (Å²) in [6, 6.07) is 13.8. The Morgan fingerprint density at radius 3 is 2.68 bits per heavy atom. The van der Waals surface area contributed by atoms with Crippen molar-refractivity contribution in [3.05, 3.63) is 74.6 Å². The first kappa shape index (κ1) is 19.2. The third-order valence-electron chi connectivity index (χ3n) is 4.38. The van der Waals surface area contributed by atoms with E-state index >= 15 is 0 Å². The second-order valence-electron chi connectivity index (χ2n) is 6.70. The first-order valence-electron chi connectivity index (χ1n) is 8.88. The van der Waals surface area contributed by atoms with Crippen molar-refractivity contribution in [3.8, 4) is 0 Å². The quantitative estimate of drug-likeness (QED) is 0.334. The van der Waals surface area contributed by atoms with Crippen LogP contribution in [0, 0.1) is 0 Å². The second kappa shape index (κ2) is 8.11. The van der Waals surface area contributed by atoms with Crippen LogP contribution >= 0.6 is 38.6 Å². The Morgan fingerprint density at radius 1 is 1.14 bits per heavy atom. The second-order valence-corrected chi connectivity index (χ2v) is 10.2. The van der Waals surface area contributed by atoms with Gasteiger partial charge in [-0.05, 0) is 57.2 Å². The number of thiazole rings is 1. The maximum Gasteiger partial charge on any atom is 0.270 e. The van der Waals surface area contributed by atoms with E-state index in [9.17, 15) is 4.79 Å². The Bertz CT molecular complexity index is 1120. The van der Waals surface area contributed by atoms with Gasteiger partial charge < -0.3 is 0 Å². The molecule has 28 heavy (non-hydrogen) atoms. The summed E-state index contributed by atoms with van der Waals surface area (Å²) in [6.45, 7) is 4.75. The first-order valence-corrected chi connectivity index (χ1v) is 11.3. The summed E-state index contributed by atoms with van der Waals surface area (Å²) >= 11 is 6.43. The Balaban J connectivity index is 1.79. The van der Waals surface area contributed by atoms with Gasteiger partial charge in [0.05, 0.1) is 25.4 Å². The average molecular weight is 472 g/mol. The van der Waals surface area contributed by atoms with Crippen molar-refractivity contribution < 1.29 is 4.79 Å².